The van der Waals surface area contributed by atoms with Crippen molar-refractivity contribution in [1.82, 2.24) is 0 Å². The number of carbonyl (C=O) groups is 2. The van der Waals surface area contributed by atoms with Crippen LogP contribution >= 0.6 is 0 Å². The first kappa shape index (κ1) is 15.2. The third-order valence-corrected chi connectivity index (χ3v) is 5.10. The fourth-order valence-electron chi connectivity index (χ4n) is 2.28. The van der Waals surface area contributed by atoms with Gasteiger partial charge in [0.1, 0.15) is 10.7 Å². The van der Waals surface area contributed by atoms with E-state index in [4.69, 9.17) is 4.74 Å². The minimum Gasteiger partial charge on any atom is -0.496 e. The average Bonchev–Trinajstić information content (AvgIpc) is 2.65. The molecule has 0 saturated carbocycles. The molecular formula is C14H14O6S. The Labute approximate surface area is 122 Å². The van der Waals surface area contributed by atoms with Crippen molar-refractivity contribution in [1.29, 1.82) is 0 Å². The quantitative estimate of drug-likeness (QED) is 0.616. The van der Waals surface area contributed by atoms with Crippen molar-refractivity contribution in [2.45, 2.75) is 18.7 Å². The number of rotatable bonds is 4. The Morgan fingerprint density at radius 2 is 1.90 bits per heavy atom. The summed E-state index contributed by atoms with van der Waals surface area (Å²) < 4.78 is 34.7. The number of esters is 1. The van der Waals surface area contributed by atoms with Gasteiger partial charge in [0.15, 0.2) is 0 Å². The summed E-state index contributed by atoms with van der Waals surface area (Å²) in [7, 11) is -2.64. The molecule has 2 rings (SSSR count). The number of benzene rings is 1. The molecule has 6 nitrogen and oxygen atoms in total. The Hall–Kier alpha value is -2.15. The van der Waals surface area contributed by atoms with Crippen LogP contribution in [0.2, 0.25) is 0 Å². The number of carbonyl (C=O) groups excluding carboxylic acids is 2. The zero-order chi connectivity index (χ0) is 15.8. The summed E-state index contributed by atoms with van der Waals surface area (Å²) in [5, 5.41) is 0. The number of methoxy groups -OCH3 is 1. The van der Waals surface area contributed by atoms with Crippen molar-refractivity contribution < 1.29 is 27.5 Å². The van der Waals surface area contributed by atoms with E-state index in [1.165, 1.54) is 33.1 Å². The number of ketones is 1. The number of hydrogen-bond acceptors (Lipinski definition) is 6. The summed E-state index contributed by atoms with van der Waals surface area (Å²) in [4.78, 5) is 23.1. The van der Waals surface area contributed by atoms with Gasteiger partial charge < -0.3 is 9.47 Å². The number of allylic oxidation sites excluding steroid dienone is 1. The third kappa shape index (κ3) is 2.23. The lowest BCUT2D eigenvalue weighted by atomic mass is 10.1. The molecule has 1 aromatic carbocycles. The zero-order valence-corrected chi connectivity index (χ0v) is 12.6. The van der Waals surface area contributed by atoms with Crippen LogP contribution in [0.3, 0.4) is 0 Å². The lowest BCUT2D eigenvalue weighted by molar-refractivity contribution is -0.151. The summed E-state index contributed by atoms with van der Waals surface area (Å²) in [6.07, 6.45) is 0. The van der Waals surface area contributed by atoms with Gasteiger partial charge in [-0.2, -0.15) is 0 Å². The number of ether oxygens (including phenoxy) is 2. The van der Waals surface area contributed by atoms with Gasteiger partial charge >= 0.3 is 5.97 Å². The van der Waals surface area contributed by atoms with E-state index in [2.05, 4.69) is 4.74 Å². The minimum atomic E-state index is -4.04. The van der Waals surface area contributed by atoms with Crippen LogP contribution in [0.5, 0.6) is 5.75 Å². The molecule has 0 aliphatic carbocycles. The van der Waals surface area contributed by atoms with E-state index in [1.807, 2.05) is 0 Å². The number of sulfone groups is 1. The lowest BCUT2D eigenvalue weighted by Gasteiger charge is -2.06. The predicted octanol–water partition coefficient (Wildman–Crippen LogP) is 1.35. The molecule has 1 heterocycles. The minimum absolute atomic E-state index is 0.00673. The Kier molecular flexibility index (Phi) is 3.87. The maximum absolute atomic E-state index is 12.5. The van der Waals surface area contributed by atoms with Gasteiger partial charge in [-0.3, -0.25) is 4.79 Å². The lowest BCUT2D eigenvalue weighted by Crippen LogP contribution is -2.22. The summed E-state index contributed by atoms with van der Waals surface area (Å²) >= 11 is 0. The molecule has 0 saturated heterocycles. The van der Waals surface area contributed by atoms with E-state index in [0.29, 0.717) is 11.3 Å². The average molecular weight is 310 g/mol. The van der Waals surface area contributed by atoms with Gasteiger partial charge in [-0.05, 0) is 31.6 Å². The first-order chi connectivity index (χ1) is 9.86. The van der Waals surface area contributed by atoms with Crippen LogP contribution in [0.15, 0.2) is 28.0 Å². The molecule has 0 aromatic heterocycles. The molecule has 0 fully saturated rings. The summed E-state index contributed by atoms with van der Waals surface area (Å²) in [6.45, 7) is 3.00. The Morgan fingerprint density at radius 3 is 2.48 bits per heavy atom. The Bertz CT molecular complexity index is 758. The number of fused-ring (bicyclic) bond motifs is 1. The fraction of sp³-hybridized carbons (Fsp3) is 0.286. The molecular weight excluding hydrogens is 296 g/mol. The predicted molar refractivity (Wildman–Crippen MR) is 74.4 cm³/mol. The highest BCUT2D eigenvalue weighted by Crippen LogP contribution is 2.43. The van der Waals surface area contributed by atoms with E-state index in [-0.39, 0.29) is 17.1 Å². The van der Waals surface area contributed by atoms with Gasteiger partial charge in [-0.15, -0.1) is 0 Å². The highest BCUT2D eigenvalue weighted by molar-refractivity contribution is 7.97. The number of Topliss-reactive ketones (excluding diaryl/α,β-unsaturated/α-hetero) is 1. The first-order valence-corrected chi connectivity index (χ1v) is 7.69. The summed E-state index contributed by atoms with van der Waals surface area (Å²) in [5.74, 6) is -2.00. The van der Waals surface area contributed by atoms with Gasteiger partial charge in [0.25, 0.3) is 5.78 Å². The van der Waals surface area contributed by atoms with Crippen LogP contribution in [-0.4, -0.2) is 33.9 Å². The van der Waals surface area contributed by atoms with Crippen LogP contribution in [0.4, 0.5) is 0 Å². The summed E-state index contributed by atoms with van der Waals surface area (Å²) in [6, 6.07) is 4.48. The van der Waals surface area contributed by atoms with Gasteiger partial charge in [0.05, 0.1) is 18.6 Å². The van der Waals surface area contributed by atoms with Crippen molar-refractivity contribution in [3.8, 4) is 5.75 Å². The molecule has 7 heteroatoms. The van der Waals surface area contributed by atoms with Gasteiger partial charge in [0, 0.05) is 5.56 Å². The molecule has 0 radical (unpaired) electrons. The number of hydrogen-bond donors (Lipinski definition) is 0. The second-order valence-corrected chi connectivity index (χ2v) is 6.20. The Balaban J connectivity index is 2.66. The largest absolute Gasteiger partial charge is 0.496 e. The van der Waals surface area contributed by atoms with E-state index in [9.17, 15) is 18.0 Å². The van der Waals surface area contributed by atoms with Crippen LogP contribution in [0.25, 0.3) is 5.57 Å². The van der Waals surface area contributed by atoms with Crippen molar-refractivity contribution in [3.63, 3.8) is 0 Å². The van der Waals surface area contributed by atoms with Gasteiger partial charge in [-0.25, -0.2) is 13.2 Å². The highest BCUT2D eigenvalue weighted by Gasteiger charge is 2.42. The van der Waals surface area contributed by atoms with Crippen LogP contribution in [-0.2, 0) is 24.2 Å². The molecule has 0 atom stereocenters. The van der Waals surface area contributed by atoms with Gasteiger partial charge in [-0.1, -0.05) is 6.07 Å². The molecule has 0 amide bonds. The van der Waals surface area contributed by atoms with E-state index in [0.717, 1.165) is 0 Å². The molecule has 1 aliphatic heterocycles. The van der Waals surface area contributed by atoms with Crippen molar-refractivity contribution in [2.24, 2.45) is 0 Å². The molecule has 112 valence electrons. The smallest absolute Gasteiger partial charge is 0.380 e. The molecule has 1 aliphatic rings. The van der Waals surface area contributed by atoms with Gasteiger partial charge in [0.2, 0.25) is 9.84 Å². The second kappa shape index (κ2) is 5.33. The third-order valence-electron chi connectivity index (χ3n) is 3.15. The maximum Gasteiger partial charge on any atom is 0.380 e. The van der Waals surface area contributed by atoms with Crippen LogP contribution in [0, 0.1) is 0 Å². The molecule has 0 bridgehead atoms. The molecule has 0 spiro atoms. The van der Waals surface area contributed by atoms with Crippen molar-refractivity contribution in [3.05, 3.63) is 28.7 Å². The zero-order valence-electron chi connectivity index (χ0n) is 11.8. The standard InChI is InChI=1S/C14H14O6S/c1-4-20-14(16)12(15)13-8(2)11-9(19-3)6-5-7-10(11)21(13,17)18/h5-7H,4H2,1-3H3. The van der Waals surface area contributed by atoms with E-state index >= 15 is 0 Å². The fourth-order valence-corrected chi connectivity index (χ4v) is 4.11. The highest BCUT2D eigenvalue weighted by atomic mass is 32.2. The SMILES string of the molecule is CCOC(=O)C(=O)C1=C(C)c2c(OC)cccc2S1(=O)=O. The van der Waals surface area contributed by atoms with Crippen LogP contribution in [0.1, 0.15) is 19.4 Å². The Morgan fingerprint density at radius 1 is 1.24 bits per heavy atom. The van der Waals surface area contributed by atoms with E-state index < -0.39 is 26.5 Å². The normalized spacial score (nSPS) is 15.6. The van der Waals surface area contributed by atoms with Crippen molar-refractivity contribution >= 4 is 27.2 Å². The van der Waals surface area contributed by atoms with Crippen molar-refractivity contribution in [2.75, 3.05) is 13.7 Å². The first-order valence-electron chi connectivity index (χ1n) is 6.21. The second-order valence-electron chi connectivity index (χ2n) is 4.34. The monoisotopic (exact) mass is 310 g/mol. The maximum atomic E-state index is 12.5. The molecule has 0 N–H and O–H groups in total. The summed E-state index contributed by atoms with van der Waals surface area (Å²) in [5.41, 5.74) is 0.508. The van der Waals surface area contributed by atoms with E-state index in [1.54, 1.807) is 6.07 Å². The molecule has 21 heavy (non-hydrogen) atoms. The van der Waals surface area contributed by atoms with Crippen LogP contribution < -0.4 is 4.74 Å². The topological polar surface area (TPSA) is 86.7 Å². The molecule has 0 unspecified atom stereocenters. The molecule has 1 aromatic rings.